The highest BCUT2D eigenvalue weighted by Gasteiger charge is 2.10. The molecule has 0 fully saturated rings. The number of aryl methyl sites for hydroxylation is 1. The number of carbonyl (C=O) groups excluding carboxylic acids is 2. The fourth-order valence-corrected chi connectivity index (χ4v) is 2.57. The quantitative estimate of drug-likeness (QED) is 0.550. The van der Waals surface area contributed by atoms with Gasteiger partial charge in [-0.3, -0.25) is 15.2 Å². The number of aromatic amines is 1. The number of nitrogens with one attached hydrogen (secondary N) is 3. The molecule has 9 heteroatoms. The predicted molar refractivity (Wildman–Crippen MR) is 91.9 cm³/mol. The Morgan fingerprint density at radius 1 is 1.35 bits per heavy atom. The molecule has 23 heavy (non-hydrogen) atoms. The van der Waals surface area contributed by atoms with Gasteiger partial charge in [0.2, 0.25) is 11.0 Å². The molecule has 0 bridgehead atoms. The van der Waals surface area contributed by atoms with E-state index in [0.29, 0.717) is 21.9 Å². The minimum absolute atomic E-state index is 0.0374. The molecule has 2 rings (SSSR count). The Hall–Kier alpha value is -2.26. The van der Waals surface area contributed by atoms with Crippen LogP contribution in [0.4, 0.5) is 9.93 Å². The van der Waals surface area contributed by atoms with Crippen LogP contribution < -0.4 is 10.6 Å². The highest BCUT2D eigenvalue weighted by molar-refractivity contribution is 7.73. The van der Waals surface area contributed by atoms with Crippen LogP contribution >= 0.6 is 23.6 Å². The smallest absolute Gasteiger partial charge is 0.322 e. The van der Waals surface area contributed by atoms with E-state index in [9.17, 15) is 9.59 Å². The topological polar surface area (TPSA) is 90.1 Å². The first kappa shape index (κ1) is 17.1. The Morgan fingerprint density at radius 2 is 2.09 bits per heavy atom. The Kier molecular flexibility index (Phi) is 6.24. The molecule has 0 saturated heterocycles. The SMILES string of the molecule is CN(CNC(=O)Nc1n[nH]c(=S)s1)C(=O)CCc1ccccc1. The van der Waals surface area contributed by atoms with Gasteiger partial charge in [0.1, 0.15) is 0 Å². The standard InChI is InChI=1S/C14H17N5O2S2/c1-19(11(20)8-7-10-5-3-2-4-6-10)9-15-12(21)16-13-17-18-14(22)23-13/h2-6H,7-9H2,1H3,(H,18,22)(H2,15,16,17,21). The number of amides is 3. The Bertz CT molecular complexity index is 713. The number of rotatable bonds is 6. The number of H-pyrrole nitrogens is 1. The third-order valence-corrected chi connectivity index (χ3v) is 4.04. The van der Waals surface area contributed by atoms with Gasteiger partial charge in [-0.2, -0.15) is 0 Å². The highest BCUT2D eigenvalue weighted by Crippen LogP contribution is 2.10. The zero-order valence-electron chi connectivity index (χ0n) is 12.5. The summed E-state index contributed by atoms with van der Waals surface area (Å²) in [7, 11) is 1.64. The summed E-state index contributed by atoms with van der Waals surface area (Å²) < 4.78 is 0.480. The summed E-state index contributed by atoms with van der Waals surface area (Å²) in [4.78, 5) is 25.2. The van der Waals surface area contributed by atoms with Crippen LogP contribution in [0.15, 0.2) is 30.3 Å². The average Bonchev–Trinajstić information content (AvgIpc) is 2.96. The number of benzene rings is 1. The van der Waals surface area contributed by atoms with Crippen molar-refractivity contribution in [2.45, 2.75) is 12.8 Å². The molecule has 0 saturated carbocycles. The summed E-state index contributed by atoms with van der Waals surface area (Å²) >= 11 is 6.03. The lowest BCUT2D eigenvalue weighted by Gasteiger charge is -2.17. The van der Waals surface area contributed by atoms with Crippen molar-refractivity contribution in [2.24, 2.45) is 0 Å². The molecule has 122 valence electrons. The molecule has 0 aliphatic carbocycles. The number of hydrogen-bond donors (Lipinski definition) is 3. The van der Waals surface area contributed by atoms with E-state index < -0.39 is 6.03 Å². The number of anilines is 1. The van der Waals surface area contributed by atoms with Gasteiger partial charge < -0.3 is 10.2 Å². The largest absolute Gasteiger partial charge is 0.328 e. The van der Waals surface area contributed by atoms with Gasteiger partial charge in [0.25, 0.3) is 0 Å². The monoisotopic (exact) mass is 351 g/mol. The van der Waals surface area contributed by atoms with Gasteiger partial charge in [-0.05, 0) is 24.2 Å². The second-order valence-corrected chi connectivity index (χ2v) is 6.45. The van der Waals surface area contributed by atoms with E-state index >= 15 is 0 Å². The number of nitrogens with zero attached hydrogens (tertiary/aromatic N) is 2. The molecule has 0 spiro atoms. The maximum atomic E-state index is 12.0. The normalized spacial score (nSPS) is 10.1. The predicted octanol–water partition coefficient (Wildman–Crippen LogP) is 2.37. The summed E-state index contributed by atoms with van der Waals surface area (Å²) in [6, 6.07) is 9.36. The van der Waals surface area contributed by atoms with E-state index in [1.54, 1.807) is 7.05 Å². The van der Waals surface area contributed by atoms with Gasteiger partial charge in [0.15, 0.2) is 3.95 Å². The second-order valence-electron chi connectivity index (χ2n) is 4.78. The number of aromatic nitrogens is 2. The molecular formula is C14H17N5O2S2. The van der Waals surface area contributed by atoms with Crippen molar-refractivity contribution in [3.05, 3.63) is 39.8 Å². The molecule has 0 unspecified atom stereocenters. The van der Waals surface area contributed by atoms with Crippen molar-refractivity contribution in [1.29, 1.82) is 0 Å². The maximum Gasteiger partial charge on any atom is 0.322 e. The molecule has 0 radical (unpaired) electrons. The number of hydrogen-bond acceptors (Lipinski definition) is 5. The van der Waals surface area contributed by atoms with Crippen LogP contribution in [0.3, 0.4) is 0 Å². The van der Waals surface area contributed by atoms with Crippen LogP contribution in [-0.4, -0.2) is 40.8 Å². The summed E-state index contributed by atoms with van der Waals surface area (Å²) in [5.41, 5.74) is 1.11. The van der Waals surface area contributed by atoms with Gasteiger partial charge >= 0.3 is 6.03 Å². The van der Waals surface area contributed by atoms with E-state index in [2.05, 4.69) is 20.8 Å². The molecule has 1 aromatic carbocycles. The summed E-state index contributed by atoms with van der Waals surface area (Å²) in [5, 5.41) is 11.9. The van der Waals surface area contributed by atoms with Crippen LogP contribution in [0.2, 0.25) is 0 Å². The van der Waals surface area contributed by atoms with Crippen molar-refractivity contribution in [3.63, 3.8) is 0 Å². The molecule has 0 aliphatic heterocycles. The second kappa shape index (κ2) is 8.39. The van der Waals surface area contributed by atoms with Crippen LogP contribution in [0.1, 0.15) is 12.0 Å². The third kappa shape index (κ3) is 5.80. The first-order valence-corrected chi connectivity index (χ1v) is 8.15. The molecule has 3 N–H and O–H groups in total. The molecule has 7 nitrogen and oxygen atoms in total. The first-order valence-electron chi connectivity index (χ1n) is 6.93. The van der Waals surface area contributed by atoms with Crippen molar-refractivity contribution in [2.75, 3.05) is 19.0 Å². The lowest BCUT2D eigenvalue weighted by atomic mass is 10.1. The van der Waals surface area contributed by atoms with E-state index in [0.717, 1.165) is 16.9 Å². The maximum absolute atomic E-state index is 12.0. The van der Waals surface area contributed by atoms with Gasteiger partial charge in [0, 0.05) is 13.5 Å². The van der Waals surface area contributed by atoms with Gasteiger partial charge in [-0.15, -0.1) is 5.10 Å². The molecule has 2 aromatic rings. The first-order chi connectivity index (χ1) is 11.0. The minimum Gasteiger partial charge on any atom is -0.328 e. The highest BCUT2D eigenvalue weighted by atomic mass is 32.1. The Labute approximate surface area is 142 Å². The molecule has 1 aromatic heterocycles. The van der Waals surface area contributed by atoms with Gasteiger partial charge in [-0.25, -0.2) is 4.79 Å². The summed E-state index contributed by atoms with van der Waals surface area (Å²) in [6.45, 7) is 0.120. The third-order valence-electron chi connectivity index (χ3n) is 3.03. The summed E-state index contributed by atoms with van der Waals surface area (Å²) in [6.07, 6.45) is 1.07. The zero-order chi connectivity index (χ0) is 16.7. The fourth-order valence-electron chi connectivity index (χ4n) is 1.79. The van der Waals surface area contributed by atoms with Crippen molar-refractivity contribution >= 4 is 40.6 Å². The van der Waals surface area contributed by atoms with E-state index in [4.69, 9.17) is 12.2 Å². The van der Waals surface area contributed by atoms with Crippen LogP contribution in [-0.2, 0) is 11.2 Å². The molecule has 0 aliphatic rings. The Morgan fingerprint density at radius 3 is 2.74 bits per heavy atom. The van der Waals surface area contributed by atoms with Crippen molar-refractivity contribution < 1.29 is 9.59 Å². The number of carbonyl (C=O) groups is 2. The van der Waals surface area contributed by atoms with Gasteiger partial charge in [-0.1, -0.05) is 41.7 Å². The van der Waals surface area contributed by atoms with Crippen LogP contribution in [0.5, 0.6) is 0 Å². The van der Waals surface area contributed by atoms with Gasteiger partial charge in [0.05, 0.1) is 6.67 Å². The molecule has 3 amide bonds. The average molecular weight is 351 g/mol. The zero-order valence-corrected chi connectivity index (χ0v) is 14.2. The Balaban J connectivity index is 1.71. The van der Waals surface area contributed by atoms with E-state index in [1.807, 2.05) is 30.3 Å². The fraction of sp³-hybridized carbons (Fsp3) is 0.286. The molecule has 1 heterocycles. The number of urea groups is 1. The van der Waals surface area contributed by atoms with Crippen molar-refractivity contribution in [3.8, 4) is 0 Å². The van der Waals surface area contributed by atoms with Crippen LogP contribution in [0.25, 0.3) is 0 Å². The minimum atomic E-state index is -0.439. The molecular weight excluding hydrogens is 334 g/mol. The van der Waals surface area contributed by atoms with E-state index in [1.165, 1.54) is 4.90 Å². The summed E-state index contributed by atoms with van der Waals surface area (Å²) in [5.74, 6) is -0.0374. The van der Waals surface area contributed by atoms with Crippen molar-refractivity contribution in [1.82, 2.24) is 20.4 Å². The van der Waals surface area contributed by atoms with E-state index in [-0.39, 0.29) is 12.6 Å². The molecule has 0 atom stereocenters. The lowest BCUT2D eigenvalue weighted by Crippen LogP contribution is -2.40. The van der Waals surface area contributed by atoms with Crippen LogP contribution in [0, 0.1) is 3.95 Å². The lowest BCUT2D eigenvalue weighted by molar-refractivity contribution is -0.130.